The highest BCUT2D eigenvalue weighted by Gasteiger charge is 2.20. The summed E-state index contributed by atoms with van der Waals surface area (Å²) in [4.78, 5) is 4.15. The van der Waals surface area contributed by atoms with Crippen molar-refractivity contribution in [3.05, 3.63) is 15.1 Å². The summed E-state index contributed by atoms with van der Waals surface area (Å²) in [7, 11) is 0. The quantitative estimate of drug-likeness (QED) is 0.900. The van der Waals surface area contributed by atoms with Crippen molar-refractivity contribution in [3.8, 4) is 5.88 Å². The van der Waals surface area contributed by atoms with E-state index < -0.39 is 0 Å². The first-order valence-electron chi connectivity index (χ1n) is 4.52. The molecule has 6 heteroatoms. The Morgan fingerprint density at radius 3 is 3.00 bits per heavy atom. The van der Waals surface area contributed by atoms with Gasteiger partial charge >= 0.3 is 0 Å². The molecule has 1 atom stereocenters. The van der Waals surface area contributed by atoms with Crippen molar-refractivity contribution in [2.24, 2.45) is 0 Å². The molecule has 0 bridgehead atoms. The third-order valence-corrected chi connectivity index (χ3v) is 3.54. The number of halogens is 2. The van der Waals surface area contributed by atoms with E-state index in [1.165, 1.54) is 0 Å². The van der Waals surface area contributed by atoms with Crippen LogP contribution < -0.4 is 10.5 Å². The topological polar surface area (TPSA) is 57.4 Å². The Labute approximate surface area is 104 Å². The summed E-state index contributed by atoms with van der Waals surface area (Å²) in [6.07, 6.45) is 2.60. The molecule has 1 fully saturated rings. The molecule has 82 valence electrons. The van der Waals surface area contributed by atoms with E-state index >= 15 is 0 Å². The third-order valence-electron chi connectivity index (χ3n) is 2.14. The molecule has 2 rings (SSSR count). The standard InChI is InChI=1S/C9H10Br2N2O2/c10-6-3-13-9(7(11)8(6)12)15-5-1-2-14-4-5/h3,5H,1-2,4H2,(H2,12,13). The van der Waals surface area contributed by atoms with Gasteiger partial charge in [-0.3, -0.25) is 0 Å². The second-order valence-electron chi connectivity index (χ2n) is 3.24. The molecule has 15 heavy (non-hydrogen) atoms. The van der Waals surface area contributed by atoms with Gasteiger partial charge in [0.25, 0.3) is 0 Å². The minimum atomic E-state index is 0.0781. The number of nitrogens with two attached hydrogens (primary N) is 1. The maximum absolute atomic E-state index is 5.81. The Hall–Kier alpha value is -0.330. The molecular weight excluding hydrogens is 328 g/mol. The monoisotopic (exact) mass is 336 g/mol. The first-order chi connectivity index (χ1) is 7.18. The lowest BCUT2D eigenvalue weighted by atomic mass is 10.3. The Morgan fingerprint density at radius 2 is 2.33 bits per heavy atom. The Balaban J connectivity index is 2.17. The van der Waals surface area contributed by atoms with E-state index in [0.29, 0.717) is 22.6 Å². The summed E-state index contributed by atoms with van der Waals surface area (Å²) >= 11 is 6.65. The zero-order chi connectivity index (χ0) is 10.8. The smallest absolute Gasteiger partial charge is 0.230 e. The van der Waals surface area contributed by atoms with Gasteiger partial charge in [0, 0.05) is 12.6 Å². The number of nitrogens with zero attached hydrogens (tertiary/aromatic N) is 1. The lowest BCUT2D eigenvalue weighted by Crippen LogP contribution is -2.17. The molecule has 0 amide bonds. The third kappa shape index (κ3) is 2.43. The Morgan fingerprint density at radius 1 is 1.53 bits per heavy atom. The van der Waals surface area contributed by atoms with Crippen LogP contribution in [0.4, 0.5) is 5.69 Å². The van der Waals surface area contributed by atoms with E-state index in [9.17, 15) is 0 Å². The van der Waals surface area contributed by atoms with Gasteiger partial charge < -0.3 is 15.2 Å². The van der Waals surface area contributed by atoms with Gasteiger partial charge in [0.1, 0.15) is 10.6 Å². The molecule has 4 nitrogen and oxygen atoms in total. The number of rotatable bonds is 2. The first-order valence-corrected chi connectivity index (χ1v) is 6.11. The molecule has 1 saturated heterocycles. The highest BCUT2D eigenvalue weighted by molar-refractivity contribution is 9.11. The summed E-state index contributed by atoms with van der Waals surface area (Å²) in [6.45, 7) is 1.36. The number of hydrogen-bond acceptors (Lipinski definition) is 4. The van der Waals surface area contributed by atoms with Crippen LogP contribution >= 0.6 is 31.9 Å². The summed E-state index contributed by atoms with van der Waals surface area (Å²) in [5.74, 6) is 0.520. The van der Waals surface area contributed by atoms with Crippen LogP contribution in [-0.4, -0.2) is 24.3 Å². The van der Waals surface area contributed by atoms with E-state index in [-0.39, 0.29) is 6.10 Å². The number of anilines is 1. The van der Waals surface area contributed by atoms with Crippen LogP contribution in [0.3, 0.4) is 0 Å². The Bertz CT molecular complexity index is 367. The van der Waals surface area contributed by atoms with Gasteiger partial charge in [-0.15, -0.1) is 0 Å². The fourth-order valence-electron chi connectivity index (χ4n) is 1.31. The summed E-state index contributed by atoms with van der Waals surface area (Å²) < 4.78 is 12.3. The summed E-state index contributed by atoms with van der Waals surface area (Å²) in [6, 6.07) is 0. The highest BCUT2D eigenvalue weighted by atomic mass is 79.9. The minimum absolute atomic E-state index is 0.0781. The molecule has 1 aliphatic heterocycles. The van der Waals surface area contributed by atoms with Crippen LogP contribution in [0.15, 0.2) is 15.1 Å². The fraction of sp³-hybridized carbons (Fsp3) is 0.444. The van der Waals surface area contributed by atoms with Crippen molar-refractivity contribution in [3.63, 3.8) is 0 Å². The van der Waals surface area contributed by atoms with Gasteiger partial charge in [-0.1, -0.05) is 0 Å². The largest absolute Gasteiger partial charge is 0.471 e. The van der Waals surface area contributed by atoms with Crippen LogP contribution in [0.5, 0.6) is 5.88 Å². The predicted molar refractivity (Wildman–Crippen MR) is 63.9 cm³/mol. The van der Waals surface area contributed by atoms with Crippen molar-refractivity contribution >= 4 is 37.5 Å². The van der Waals surface area contributed by atoms with E-state index in [4.69, 9.17) is 15.2 Å². The van der Waals surface area contributed by atoms with E-state index in [0.717, 1.165) is 17.5 Å². The molecule has 1 unspecified atom stereocenters. The predicted octanol–water partition coefficient (Wildman–Crippen LogP) is 2.36. The number of hydrogen-bond donors (Lipinski definition) is 1. The van der Waals surface area contributed by atoms with E-state index in [2.05, 4.69) is 36.8 Å². The van der Waals surface area contributed by atoms with Crippen LogP contribution in [0.2, 0.25) is 0 Å². The van der Waals surface area contributed by atoms with Crippen LogP contribution in [0.25, 0.3) is 0 Å². The summed E-state index contributed by atoms with van der Waals surface area (Å²) in [5, 5.41) is 0. The molecule has 2 heterocycles. The molecular formula is C9H10Br2N2O2. The minimum Gasteiger partial charge on any atom is -0.471 e. The number of nitrogen functional groups attached to an aromatic ring is 1. The average molecular weight is 338 g/mol. The molecule has 0 aromatic carbocycles. The molecule has 0 saturated carbocycles. The van der Waals surface area contributed by atoms with Crippen LogP contribution in [0, 0.1) is 0 Å². The normalized spacial score (nSPS) is 20.5. The molecule has 1 aromatic rings. The van der Waals surface area contributed by atoms with E-state index in [1.807, 2.05) is 0 Å². The maximum atomic E-state index is 5.81. The Kier molecular flexibility index (Phi) is 3.48. The lowest BCUT2D eigenvalue weighted by Gasteiger charge is -2.13. The second-order valence-corrected chi connectivity index (χ2v) is 4.89. The van der Waals surface area contributed by atoms with Gasteiger partial charge in [0.2, 0.25) is 5.88 Å². The van der Waals surface area contributed by atoms with Crippen LogP contribution in [-0.2, 0) is 4.74 Å². The fourth-order valence-corrected chi connectivity index (χ4v) is 2.28. The molecule has 0 aliphatic carbocycles. The zero-order valence-corrected chi connectivity index (χ0v) is 11.0. The van der Waals surface area contributed by atoms with Gasteiger partial charge in [0.05, 0.1) is 23.4 Å². The van der Waals surface area contributed by atoms with Gasteiger partial charge in [-0.25, -0.2) is 4.98 Å². The molecule has 0 radical (unpaired) electrons. The lowest BCUT2D eigenvalue weighted by molar-refractivity contribution is 0.137. The molecule has 1 aromatic heterocycles. The van der Waals surface area contributed by atoms with Crippen molar-refractivity contribution in [2.75, 3.05) is 18.9 Å². The van der Waals surface area contributed by atoms with Crippen molar-refractivity contribution in [1.29, 1.82) is 0 Å². The molecule has 0 spiro atoms. The summed E-state index contributed by atoms with van der Waals surface area (Å²) in [5.41, 5.74) is 6.41. The van der Waals surface area contributed by atoms with Gasteiger partial charge in [-0.05, 0) is 31.9 Å². The van der Waals surface area contributed by atoms with E-state index in [1.54, 1.807) is 6.20 Å². The second kappa shape index (κ2) is 4.67. The number of ether oxygens (including phenoxy) is 2. The molecule has 1 aliphatic rings. The van der Waals surface area contributed by atoms with Gasteiger partial charge in [-0.2, -0.15) is 0 Å². The number of aromatic nitrogens is 1. The van der Waals surface area contributed by atoms with Crippen LogP contribution in [0.1, 0.15) is 6.42 Å². The van der Waals surface area contributed by atoms with Crippen molar-refractivity contribution in [2.45, 2.75) is 12.5 Å². The molecule has 2 N–H and O–H groups in total. The van der Waals surface area contributed by atoms with Gasteiger partial charge in [0.15, 0.2) is 0 Å². The van der Waals surface area contributed by atoms with Crippen molar-refractivity contribution in [1.82, 2.24) is 4.98 Å². The SMILES string of the molecule is Nc1c(Br)cnc(OC2CCOC2)c1Br. The highest BCUT2D eigenvalue weighted by Crippen LogP contribution is 2.34. The average Bonchev–Trinajstić information content (AvgIpc) is 2.72. The van der Waals surface area contributed by atoms with Crippen molar-refractivity contribution < 1.29 is 9.47 Å². The number of pyridine rings is 1. The first kappa shape index (κ1) is 11.2. The zero-order valence-electron chi connectivity index (χ0n) is 7.87. The maximum Gasteiger partial charge on any atom is 0.230 e.